The molecule has 0 bridgehead atoms. The van der Waals surface area contributed by atoms with E-state index >= 15 is 0 Å². The van der Waals surface area contributed by atoms with Crippen molar-refractivity contribution in [3.63, 3.8) is 0 Å². The van der Waals surface area contributed by atoms with Crippen molar-refractivity contribution in [1.82, 2.24) is 4.98 Å². The standard InChI is InChI=1S/C20H19NO4/c1-3-13-5-4-6-16-17(11-21-19(13)16)18(22)12-25-20(23)14-7-9-15(24-2)10-8-14/h4-11,21H,3,12H2,1-2H3. The van der Waals surface area contributed by atoms with Gasteiger partial charge in [-0.2, -0.15) is 0 Å². The number of nitrogens with one attached hydrogen (secondary N) is 1. The summed E-state index contributed by atoms with van der Waals surface area (Å²) in [5.41, 5.74) is 3.01. The van der Waals surface area contributed by atoms with Crippen molar-refractivity contribution in [3.8, 4) is 5.75 Å². The van der Waals surface area contributed by atoms with E-state index in [2.05, 4.69) is 11.9 Å². The van der Waals surface area contributed by atoms with Crippen LogP contribution in [0.5, 0.6) is 5.75 Å². The molecule has 1 heterocycles. The number of methoxy groups -OCH3 is 1. The summed E-state index contributed by atoms with van der Waals surface area (Å²) in [6.07, 6.45) is 2.55. The first kappa shape index (κ1) is 16.8. The lowest BCUT2D eigenvalue weighted by Crippen LogP contribution is -2.14. The third kappa shape index (κ3) is 3.40. The largest absolute Gasteiger partial charge is 0.497 e. The van der Waals surface area contributed by atoms with Crippen LogP contribution in [-0.4, -0.2) is 30.5 Å². The Morgan fingerprint density at radius 3 is 2.52 bits per heavy atom. The number of aromatic amines is 1. The first-order valence-corrected chi connectivity index (χ1v) is 8.07. The number of hydrogen-bond donors (Lipinski definition) is 1. The first-order valence-electron chi connectivity index (χ1n) is 8.07. The van der Waals surface area contributed by atoms with E-state index < -0.39 is 5.97 Å². The second-order valence-corrected chi connectivity index (χ2v) is 5.62. The van der Waals surface area contributed by atoms with Crippen LogP contribution >= 0.6 is 0 Å². The molecule has 1 N–H and O–H groups in total. The van der Waals surface area contributed by atoms with Crippen molar-refractivity contribution in [2.24, 2.45) is 0 Å². The fourth-order valence-corrected chi connectivity index (χ4v) is 2.76. The van der Waals surface area contributed by atoms with Gasteiger partial charge in [-0.05, 0) is 36.2 Å². The third-order valence-electron chi connectivity index (χ3n) is 4.14. The number of Topliss-reactive ketones (excluding diaryl/α,β-unsaturated/α-hetero) is 1. The molecule has 0 saturated carbocycles. The number of aryl methyl sites for hydroxylation is 1. The van der Waals surface area contributed by atoms with Crippen molar-refractivity contribution in [3.05, 3.63) is 65.4 Å². The number of carbonyl (C=O) groups is 2. The van der Waals surface area contributed by atoms with Gasteiger partial charge in [-0.1, -0.05) is 25.1 Å². The van der Waals surface area contributed by atoms with E-state index in [9.17, 15) is 9.59 Å². The monoisotopic (exact) mass is 337 g/mol. The van der Waals surface area contributed by atoms with Crippen LogP contribution in [0.25, 0.3) is 10.9 Å². The zero-order chi connectivity index (χ0) is 17.8. The van der Waals surface area contributed by atoms with Gasteiger partial charge in [-0.3, -0.25) is 4.79 Å². The van der Waals surface area contributed by atoms with Crippen molar-refractivity contribution in [1.29, 1.82) is 0 Å². The molecule has 0 amide bonds. The number of fused-ring (bicyclic) bond motifs is 1. The van der Waals surface area contributed by atoms with Crippen LogP contribution in [0.4, 0.5) is 0 Å². The van der Waals surface area contributed by atoms with Gasteiger partial charge in [-0.15, -0.1) is 0 Å². The molecule has 0 saturated heterocycles. The molecule has 0 unspecified atom stereocenters. The Kier molecular flexibility index (Phi) is 4.84. The number of ketones is 1. The van der Waals surface area contributed by atoms with Crippen LogP contribution < -0.4 is 4.74 Å². The zero-order valence-electron chi connectivity index (χ0n) is 14.2. The quantitative estimate of drug-likeness (QED) is 0.549. The van der Waals surface area contributed by atoms with Gasteiger partial charge in [0.25, 0.3) is 0 Å². The number of H-pyrrole nitrogens is 1. The van der Waals surface area contributed by atoms with Gasteiger partial charge < -0.3 is 14.5 Å². The highest BCUT2D eigenvalue weighted by Crippen LogP contribution is 2.22. The number of carbonyl (C=O) groups excluding carboxylic acids is 2. The smallest absolute Gasteiger partial charge is 0.338 e. The average molecular weight is 337 g/mol. The van der Waals surface area contributed by atoms with E-state index in [0.29, 0.717) is 16.9 Å². The summed E-state index contributed by atoms with van der Waals surface area (Å²) in [4.78, 5) is 27.6. The lowest BCUT2D eigenvalue weighted by atomic mass is 10.1. The predicted molar refractivity (Wildman–Crippen MR) is 95.3 cm³/mol. The Balaban J connectivity index is 1.71. The predicted octanol–water partition coefficient (Wildman–Crippen LogP) is 3.78. The summed E-state index contributed by atoms with van der Waals surface area (Å²) in [5.74, 6) is -0.121. The number of para-hydroxylation sites is 1. The van der Waals surface area contributed by atoms with E-state index in [1.807, 2.05) is 18.2 Å². The van der Waals surface area contributed by atoms with E-state index in [1.54, 1.807) is 37.6 Å². The average Bonchev–Trinajstić information content (AvgIpc) is 3.10. The van der Waals surface area contributed by atoms with E-state index in [4.69, 9.17) is 9.47 Å². The molecule has 1 aromatic heterocycles. The molecule has 5 nitrogen and oxygen atoms in total. The molecule has 5 heteroatoms. The Morgan fingerprint density at radius 1 is 1.08 bits per heavy atom. The maximum atomic E-state index is 12.4. The summed E-state index contributed by atoms with van der Waals surface area (Å²) in [6, 6.07) is 12.4. The minimum atomic E-state index is -0.537. The zero-order valence-corrected chi connectivity index (χ0v) is 14.2. The molecule has 3 rings (SSSR count). The molecular formula is C20H19NO4. The Labute approximate surface area is 145 Å². The first-order chi connectivity index (χ1) is 12.1. The topological polar surface area (TPSA) is 68.4 Å². The van der Waals surface area contributed by atoms with E-state index in [-0.39, 0.29) is 12.4 Å². The maximum Gasteiger partial charge on any atom is 0.338 e. The van der Waals surface area contributed by atoms with Gasteiger partial charge in [0.15, 0.2) is 6.61 Å². The molecule has 0 aliphatic heterocycles. The molecule has 25 heavy (non-hydrogen) atoms. The molecule has 0 atom stereocenters. The highest BCUT2D eigenvalue weighted by molar-refractivity contribution is 6.09. The summed E-state index contributed by atoms with van der Waals surface area (Å²) >= 11 is 0. The number of esters is 1. The number of aromatic nitrogens is 1. The number of hydrogen-bond acceptors (Lipinski definition) is 4. The summed E-state index contributed by atoms with van der Waals surface area (Å²) in [7, 11) is 1.55. The maximum absolute atomic E-state index is 12.4. The van der Waals surface area contributed by atoms with Crippen LogP contribution in [0.2, 0.25) is 0 Å². The summed E-state index contributed by atoms with van der Waals surface area (Å²) in [5, 5.41) is 0.852. The number of ether oxygens (including phenoxy) is 2. The van der Waals surface area contributed by atoms with Crippen LogP contribution in [0.3, 0.4) is 0 Å². The van der Waals surface area contributed by atoms with Gasteiger partial charge >= 0.3 is 5.97 Å². The SMILES string of the molecule is CCc1cccc2c(C(=O)COC(=O)c3ccc(OC)cc3)c[nH]c12. The minimum absolute atomic E-state index is 0.235. The molecule has 0 spiro atoms. The second kappa shape index (κ2) is 7.21. The molecule has 3 aromatic rings. The van der Waals surface area contributed by atoms with Gasteiger partial charge in [0, 0.05) is 22.7 Å². The van der Waals surface area contributed by atoms with Crippen LogP contribution in [0, 0.1) is 0 Å². The number of benzene rings is 2. The summed E-state index contributed by atoms with van der Waals surface area (Å²) < 4.78 is 10.2. The molecule has 0 radical (unpaired) electrons. The lowest BCUT2D eigenvalue weighted by Gasteiger charge is -2.05. The highest BCUT2D eigenvalue weighted by Gasteiger charge is 2.16. The van der Waals surface area contributed by atoms with Gasteiger partial charge in [0.1, 0.15) is 5.75 Å². The summed E-state index contributed by atoms with van der Waals surface area (Å²) in [6.45, 7) is 1.77. The molecule has 128 valence electrons. The van der Waals surface area contributed by atoms with E-state index in [1.165, 1.54) is 0 Å². The van der Waals surface area contributed by atoms with Gasteiger partial charge in [0.2, 0.25) is 5.78 Å². The fraction of sp³-hybridized carbons (Fsp3) is 0.200. The van der Waals surface area contributed by atoms with Crippen molar-refractivity contribution < 1.29 is 19.1 Å². The molecule has 0 fully saturated rings. The normalized spacial score (nSPS) is 10.6. The highest BCUT2D eigenvalue weighted by atomic mass is 16.5. The van der Waals surface area contributed by atoms with Crippen molar-refractivity contribution in [2.75, 3.05) is 13.7 Å². The van der Waals surface area contributed by atoms with Crippen LogP contribution in [0.15, 0.2) is 48.7 Å². The van der Waals surface area contributed by atoms with Crippen molar-refractivity contribution in [2.45, 2.75) is 13.3 Å². The number of rotatable bonds is 6. The fourth-order valence-electron chi connectivity index (χ4n) is 2.76. The molecule has 0 aliphatic carbocycles. The third-order valence-corrected chi connectivity index (χ3v) is 4.14. The van der Waals surface area contributed by atoms with E-state index in [0.717, 1.165) is 22.9 Å². The lowest BCUT2D eigenvalue weighted by molar-refractivity contribution is 0.0475. The van der Waals surface area contributed by atoms with Crippen LogP contribution in [0.1, 0.15) is 33.2 Å². The Bertz CT molecular complexity index is 909. The minimum Gasteiger partial charge on any atom is -0.497 e. The van der Waals surface area contributed by atoms with Crippen molar-refractivity contribution >= 4 is 22.7 Å². The second-order valence-electron chi connectivity index (χ2n) is 5.62. The van der Waals surface area contributed by atoms with Gasteiger partial charge in [-0.25, -0.2) is 4.79 Å². The Hall–Kier alpha value is -3.08. The molecular weight excluding hydrogens is 318 g/mol. The van der Waals surface area contributed by atoms with Crippen LogP contribution in [-0.2, 0) is 11.2 Å². The molecule has 2 aromatic carbocycles. The van der Waals surface area contributed by atoms with Gasteiger partial charge in [0.05, 0.1) is 12.7 Å². The Morgan fingerprint density at radius 2 is 1.84 bits per heavy atom. The molecule has 0 aliphatic rings.